The number of anilines is 1. The molecule has 1 saturated heterocycles. The van der Waals surface area contributed by atoms with Gasteiger partial charge in [0.05, 0.1) is 12.3 Å². The Morgan fingerprint density at radius 2 is 1.84 bits per heavy atom. The molecule has 0 atom stereocenters. The topological polar surface area (TPSA) is 75.7 Å². The second-order valence-corrected chi connectivity index (χ2v) is 8.29. The van der Waals surface area contributed by atoms with E-state index in [-0.39, 0.29) is 5.57 Å². The zero-order chi connectivity index (χ0) is 22.8. The molecule has 0 saturated carbocycles. The molecule has 1 aliphatic rings. The number of benzene rings is 3. The number of fused-ring (bicyclic) bond motifs is 1. The maximum atomic E-state index is 13.3. The minimum atomic E-state index is -0.778. The van der Waals surface area contributed by atoms with Gasteiger partial charge >= 0.3 is 6.03 Å². The van der Waals surface area contributed by atoms with Crippen molar-refractivity contribution in [2.75, 3.05) is 11.5 Å². The molecule has 1 aliphatic heterocycles. The number of hydrogen-bond acceptors (Lipinski definition) is 4. The number of imide groups is 2. The van der Waals surface area contributed by atoms with Gasteiger partial charge in [-0.15, -0.1) is 0 Å². The Hall–Kier alpha value is -3.45. The van der Waals surface area contributed by atoms with Crippen LogP contribution < -0.4 is 15.0 Å². The van der Waals surface area contributed by atoms with Crippen molar-refractivity contribution < 1.29 is 19.1 Å². The lowest BCUT2D eigenvalue weighted by molar-refractivity contribution is -0.122. The molecule has 162 valence electrons. The third-order valence-corrected chi connectivity index (χ3v) is 6.07. The SMILES string of the molecule is CCCOc1ccc2ccccc2c1/C=C1/C(=O)NC(=O)N(c2ccc(Br)c(C)c2)C1=O. The van der Waals surface area contributed by atoms with Gasteiger partial charge in [-0.05, 0) is 60.0 Å². The first-order valence-corrected chi connectivity index (χ1v) is 11.0. The van der Waals surface area contributed by atoms with Gasteiger partial charge in [0.2, 0.25) is 0 Å². The predicted octanol–water partition coefficient (Wildman–Crippen LogP) is 5.37. The van der Waals surface area contributed by atoms with Gasteiger partial charge in [0, 0.05) is 10.0 Å². The maximum absolute atomic E-state index is 13.3. The van der Waals surface area contributed by atoms with Crippen molar-refractivity contribution in [2.45, 2.75) is 20.3 Å². The van der Waals surface area contributed by atoms with E-state index in [2.05, 4.69) is 21.2 Å². The van der Waals surface area contributed by atoms with E-state index in [0.29, 0.717) is 23.6 Å². The Bertz CT molecular complexity index is 1280. The summed E-state index contributed by atoms with van der Waals surface area (Å²) in [6, 6.07) is 15.8. The summed E-state index contributed by atoms with van der Waals surface area (Å²) in [6.45, 7) is 4.35. The first-order valence-electron chi connectivity index (χ1n) is 10.2. The number of carbonyl (C=O) groups is 3. The summed E-state index contributed by atoms with van der Waals surface area (Å²) in [7, 11) is 0. The van der Waals surface area contributed by atoms with Crippen LogP contribution in [0.3, 0.4) is 0 Å². The molecule has 6 nitrogen and oxygen atoms in total. The summed E-state index contributed by atoms with van der Waals surface area (Å²) in [6.07, 6.45) is 2.32. The van der Waals surface area contributed by atoms with Crippen molar-refractivity contribution in [3.63, 3.8) is 0 Å². The summed E-state index contributed by atoms with van der Waals surface area (Å²) < 4.78 is 6.75. The Balaban J connectivity index is 1.84. The highest BCUT2D eigenvalue weighted by molar-refractivity contribution is 9.10. The van der Waals surface area contributed by atoms with Gasteiger partial charge in [-0.1, -0.05) is 53.2 Å². The number of ether oxygens (including phenoxy) is 1. The molecule has 0 aliphatic carbocycles. The maximum Gasteiger partial charge on any atom is 0.335 e. The van der Waals surface area contributed by atoms with Crippen LogP contribution in [0.1, 0.15) is 24.5 Å². The fraction of sp³-hybridized carbons (Fsp3) is 0.160. The van der Waals surface area contributed by atoms with E-state index < -0.39 is 17.8 Å². The average Bonchev–Trinajstić information content (AvgIpc) is 2.77. The average molecular weight is 493 g/mol. The number of hydrogen-bond donors (Lipinski definition) is 1. The number of carbonyl (C=O) groups excluding carboxylic acids is 3. The second kappa shape index (κ2) is 8.96. The summed E-state index contributed by atoms with van der Waals surface area (Å²) in [5.74, 6) is -0.851. The quantitative estimate of drug-likeness (QED) is 0.383. The number of nitrogens with zero attached hydrogens (tertiary/aromatic N) is 1. The standard InChI is InChI=1S/C25H21BrN2O4/c1-3-12-32-22-11-8-16-6-4-5-7-18(16)19(22)14-20-23(29)27-25(31)28(24(20)30)17-9-10-21(26)15(2)13-17/h4-11,13-14H,3,12H2,1-2H3,(H,27,29,31)/b20-14-. The fourth-order valence-electron chi connectivity index (χ4n) is 3.57. The molecule has 0 unspecified atom stereocenters. The van der Waals surface area contributed by atoms with Gasteiger partial charge in [-0.3, -0.25) is 14.9 Å². The molecule has 0 spiro atoms. The van der Waals surface area contributed by atoms with E-state index in [1.807, 2.05) is 50.2 Å². The molecule has 4 rings (SSSR count). The van der Waals surface area contributed by atoms with Crippen LogP contribution in [-0.2, 0) is 9.59 Å². The van der Waals surface area contributed by atoms with E-state index >= 15 is 0 Å². The Kier molecular flexibility index (Phi) is 6.10. The highest BCUT2D eigenvalue weighted by Gasteiger charge is 2.37. The van der Waals surface area contributed by atoms with Crippen LogP contribution in [0.15, 0.2) is 64.6 Å². The molecule has 3 aromatic rings. The first-order chi connectivity index (χ1) is 15.4. The summed E-state index contributed by atoms with van der Waals surface area (Å²) in [4.78, 5) is 39.5. The summed E-state index contributed by atoms with van der Waals surface area (Å²) in [5.41, 5.74) is 1.72. The molecule has 1 fully saturated rings. The van der Waals surface area contributed by atoms with Crippen molar-refractivity contribution in [2.24, 2.45) is 0 Å². The van der Waals surface area contributed by atoms with E-state index in [1.54, 1.807) is 18.2 Å². The van der Waals surface area contributed by atoms with Gasteiger partial charge in [-0.2, -0.15) is 0 Å². The molecular formula is C25H21BrN2O4. The molecule has 3 aromatic carbocycles. The van der Waals surface area contributed by atoms with Crippen molar-refractivity contribution in [3.05, 3.63) is 75.8 Å². The lowest BCUT2D eigenvalue weighted by Crippen LogP contribution is -2.54. The molecular weight excluding hydrogens is 472 g/mol. The molecule has 1 heterocycles. The molecule has 1 N–H and O–H groups in total. The molecule has 32 heavy (non-hydrogen) atoms. The monoisotopic (exact) mass is 492 g/mol. The van der Waals surface area contributed by atoms with Gasteiger partial charge in [0.15, 0.2) is 0 Å². The lowest BCUT2D eigenvalue weighted by Gasteiger charge is -2.27. The fourth-order valence-corrected chi connectivity index (χ4v) is 3.81. The summed E-state index contributed by atoms with van der Waals surface area (Å²) >= 11 is 3.42. The number of urea groups is 1. The molecule has 0 aromatic heterocycles. The Labute approximate surface area is 194 Å². The van der Waals surface area contributed by atoms with Gasteiger partial charge in [-0.25, -0.2) is 9.69 Å². The third kappa shape index (κ3) is 4.03. The minimum Gasteiger partial charge on any atom is -0.493 e. The minimum absolute atomic E-state index is 0.136. The summed E-state index contributed by atoms with van der Waals surface area (Å²) in [5, 5.41) is 4.07. The first kappa shape index (κ1) is 21.8. The van der Waals surface area contributed by atoms with Gasteiger partial charge in [0.1, 0.15) is 11.3 Å². The van der Waals surface area contributed by atoms with Crippen molar-refractivity contribution >= 4 is 56.3 Å². The number of amides is 4. The lowest BCUT2D eigenvalue weighted by atomic mass is 9.99. The van der Waals surface area contributed by atoms with Crippen molar-refractivity contribution in [1.29, 1.82) is 0 Å². The normalized spacial score (nSPS) is 15.4. The molecule has 0 bridgehead atoms. The van der Waals surface area contributed by atoms with E-state index in [1.165, 1.54) is 6.08 Å². The zero-order valence-corrected chi connectivity index (χ0v) is 19.2. The van der Waals surface area contributed by atoms with Crippen molar-refractivity contribution in [3.8, 4) is 5.75 Å². The van der Waals surface area contributed by atoms with Crippen LogP contribution in [0.25, 0.3) is 16.8 Å². The van der Waals surface area contributed by atoms with E-state index in [4.69, 9.17) is 4.74 Å². The number of nitrogens with one attached hydrogen (secondary N) is 1. The molecule has 0 radical (unpaired) electrons. The van der Waals surface area contributed by atoms with Crippen molar-refractivity contribution in [1.82, 2.24) is 5.32 Å². The number of halogens is 1. The van der Waals surface area contributed by atoms with Crippen LogP contribution in [0, 0.1) is 6.92 Å². The Morgan fingerprint density at radius 3 is 2.59 bits per heavy atom. The predicted molar refractivity (Wildman–Crippen MR) is 128 cm³/mol. The van der Waals surface area contributed by atoms with Gasteiger partial charge < -0.3 is 4.74 Å². The Morgan fingerprint density at radius 1 is 1.06 bits per heavy atom. The smallest absolute Gasteiger partial charge is 0.335 e. The highest BCUT2D eigenvalue weighted by atomic mass is 79.9. The largest absolute Gasteiger partial charge is 0.493 e. The van der Waals surface area contributed by atoms with Crippen LogP contribution in [0.4, 0.5) is 10.5 Å². The zero-order valence-electron chi connectivity index (χ0n) is 17.6. The van der Waals surface area contributed by atoms with Crippen LogP contribution in [-0.4, -0.2) is 24.5 Å². The number of rotatable bonds is 5. The number of barbiturate groups is 1. The second-order valence-electron chi connectivity index (χ2n) is 7.44. The van der Waals surface area contributed by atoms with Crippen LogP contribution in [0.5, 0.6) is 5.75 Å². The van der Waals surface area contributed by atoms with Gasteiger partial charge in [0.25, 0.3) is 11.8 Å². The molecule has 7 heteroatoms. The van der Waals surface area contributed by atoms with E-state index in [9.17, 15) is 14.4 Å². The van der Waals surface area contributed by atoms with E-state index in [0.717, 1.165) is 32.1 Å². The number of aryl methyl sites for hydroxylation is 1. The third-order valence-electron chi connectivity index (χ3n) is 5.18. The molecule has 4 amide bonds. The van der Waals surface area contributed by atoms with Crippen LogP contribution in [0.2, 0.25) is 0 Å². The highest BCUT2D eigenvalue weighted by Crippen LogP contribution is 2.32. The van der Waals surface area contributed by atoms with Crippen LogP contribution >= 0.6 is 15.9 Å².